The van der Waals surface area contributed by atoms with Gasteiger partial charge in [0.2, 0.25) is 0 Å². The van der Waals surface area contributed by atoms with E-state index in [1.807, 2.05) is 62.1 Å². The molecule has 0 saturated carbocycles. The minimum atomic E-state index is -1.08. The molecule has 0 aromatic heterocycles. The molecule has 1 aliphatic carbocycles. The maximum atomic E-state index is 12.6. The van der Waals surface area contributed by atoms with Gasteiger partial charge in [-0.2, -0.15) is 0 Å². The predicted octanol–water partition coefficient (Wildman–Crippen LogP) is 4.42. The van der Waals surface area contributed by atoms with Gasteiger partial charge in [0.15, 0.2) is 0 Å². The first-order chi connectivity index (χ1) is 17.6. The predicted molar refractivity (Wildman–Crippen MR) is 139 cm³/mol. The number of hydrogen-bond acceptors (Lipinski definition) is 6. The number of carboxylic acid groups (broad SMARTS) is 1. The summed E-state index contributed by atoms with van der Waals surface area (Å²) in [7, 11) is 0. The number of amides is 1. The zero-order valence-corrected chi connectivity index (χ0v) is 21.7. The molecule has 2 N–H and O–H groups in total. The van der Waals surface area contributed by atoms with Crippen molar-refractivity contribution in [3.63, 3.8) is 0 Å². The molecule has 1 aliphatic heterocycles. The number of benzene rings is 2. The molecule has 0 radical (unpaired) electrons. The molecular weight excluding hydrogens is 472 g/mol. The molecule has 37 heavy (non-hydrogen) atoms. The Hall–Kier alpha value is -3.39. The van der Waals surface area contributed by atoms with Crippen molar-refractivity contribution in [1.82, 2.24) is 10.2 Å². The Bertz CT molecular complexity index is 1090. The summed E-state index contributed by atoms with van der Waals surface area (Å²) in [6, 6.07) is 15.1. The first-order valence-corrected chi connectivity index (χ1v) is 12.9. The summed E-state index contributed by atoms with van der Waals surface area (Å²) in [5.41, 5.74) is 3.95. The van der Waals surface area contributed by atoms with E-state index in [4.69, 9.17) is 9.47 Å². The molecule has 0 spiro atoms. The summed E-state index contributed by atoms with van der Waals surface area (Å²) in [5.74, 6) is -1.29. The van der Waals surface area contributed by atoms with Crippen molar-refractivity contribution in [3.05, 3.63) is 59.7 Å². The highest BCUT2D eigenvalue weighted by atomic mass is 16.6. The molecule has 198 valence electrons. The zero-order chi connectivity index (χ0) is 26.6. The zero-order valence-electron chi connectivity index (χ0n) is 21.7. The van der Waals surface area contributed by atoms with Crippen LogP contribution in [0.5, 0.6) is 0 Å². The highest BCUT2D eigenvalue weighted by Gasteiger charge is 2.31. The van der Waals surface area contributed by atoms with Crippen LogP contribution in [0.15, 0.2) is 48.5 Å². The minimum absolute atomic E-state index is 0.0873. The Kier molecular flexibility index (Phi) is 8.17. The van der Waals surface area contributed by atoms with Crippen LogP contribution in [0, 0.1) is 5.92 Å². The number of carboxylic acids is 1. The maximum Gasteiger partial charge on any atom is 0.407 e. The fourth-order valence-electron chi connectivity index (χ4n) is 5.27. The fourth-order valence-corrected chi connectivity index (χ4v) is 5.27. The Morgan fingerprint density at radius 2 is 1.57 bits per heavy atom. The quantitative estimate of drug-likeness (QED) is 0.509. The number of piperidine rings is 1. The van der Waals surface area contributed by atoms with E-state index in [1.165, 1.54) is 0 Å². The van der Waals surface area contributed by atoms with Gasteiger partial charge in [0.05, 0.1) is 6.54 Å². The lowest BCUT2D eigenvalue weighted by Gasteiger charge is -2.33. The van der Waals surface area contributed by atoms with Crippen molar-refractivity contribution in [3.8, 4) is 11.1 Å². The second-order valence-corrected chi connectivity index (χ2v) is 10.9. The van der Waals surface area contributed by atoms with E-state index >= 15 is 0 Å². The number of ether oxygens (including phenoxy) is 2. The standard InChI is InChI=1S/C29H36N2O6/c1-29(2,3)37-26(32)17-31-14-12-19(13-15-31)16-25(27(33)34)30-28(35)36-18-24-22-10-6-4-8-20(22)21-9-5-7-11-23(21)24/h4-11,19,24-25H,12-18H2,1-3H3,(H,30,35)(H,33,34)/t25-/m0/s1. The molecule has 1 amide bonds. The third-order valence-corrected chi connectivity index (χ3v) is 6.98. The summed E-state index contributed by atoms with van der Waals surface area (Å²) in [5, 5.41) is 12.3. The van der Waals surface area contributed by atoms with Crippen molar-refractivity contribution in [2.24, 2.45) is 5.92 Å². The number of likely N-dealkylation sites (tertiary alicyclic amines) is 1. The SMILES string of the molecule is CC(C)(C)OC(=O)CN1CCC(C[C@H](NC(=O)OCC2c3ccccc3-c3ccccc32)C(=O)O)CC1. The van der Waals surface area contributed by atoms with Gasteiger partial charge in [-0.15, -0.1) is 0 Å². The number of nitrogens with zero attached hydrogens (tertiary/aromatic N) is 1. The molecule has 1 heterocycles. The van der Waals surface area contributed by atoms with E-state index in [0.717, 1.165) is 35.1 Å². The van der Waals surface area contributed by atoms with Gasteiger partial charge < -0.3 is 19.9 Å². The number of carbonyl (C=O) groups is 3. The highest BCUT2D eigenvalue weighted by Crippen LogP contribution is 2.44. The molecule has 2 aliphatic rings. The van der Waals surface area contributed by atoms with Crippen LogP contribution in [0.2, 0.25) is 0 Å². The number of esters is 1. The van der Waals surface area contributed by atoms with Gasteiger partial charge in [-0.1, -0.05) is 48.5 Å². The van der Waals surface area contributed by atoms with Gasteiger partial charge in [-0.25, -0.2) is 9.59 Å². The highest BCUT2D eigenvalue weighted by molar-refractivity contribution is 5.81. The van der Waals surface area contributed by atoms with Crippen LogP contribution in [-0.2, 0) is 19.1 Å². The van der Waals surface area contributed by atoms with Crippen LogP contribution in [0.3, 0.4) is 0 Å². The largest absolute Gasteiger partial charge is 0.480 e. The van der Waals surface area contributed by atoms with E-state index < -0.39 is 23.7 Å². The first-order valence-electron chi connectivity index (χ1n) is 12.9. The maximum absolute atomic E-state index is 12.6. The second-order valence-electron chi connectivity index (χ2n) is 10.9. The van der Waals surface area contributed by atoms with E-state index in [2.05, 4.69) is 17.4 Å². The number of rotatable bonds is 8. The lowest BCUT2D eigenvalue weighted by Crippen LogP contribution is -2.45. The van der Waals surface area contributed by atoms with Gasteiger partial charge in [0.25, 0.3) is 0 Å². The molecule has 1 atom stereocenters. The van der Waals surface area contributed by atoms with Gasteiger partial charge in [0, 0.05) is 5.92 Å². The second kappa shape index (κ2) is 11.3. The number of hydrogen-bond donors (Lipinski definition) is 2. The Morgan fingerprint density at radius 1 is 1.00 bits per heavy atom. The molecule has 8 heteroatoms. The summed E-state index contributed by atoms with van der Waals surface area (Å²) >= 11 is 0. The summed E-state index contributed by atoms with van der Waals surface area (Å²) in [6.45, 7) is 7.24. The van der Waals surface area contributed by atoms with E-state index in [-0.39, 0.29) is 31.0 Å². The van der Waals surface area contributed by atoms with Crippen LogP contribution in [-0.4, -0.2) is 65.9 Å². The van der Waals surface area contributed by atoms with Crippen molar-refractivity contribution < 1.29 is 29.0 Å². The summed E-state index contributed by atoms with van der Waals surface area (Å²) in [4.78, 5) is 38.6. The van der Waals surface area contributed by atoms with Crippen molar-refractivity contribution >= 4 is 18.0 Å². The van der Waals surface area contributed by atoms with Gasteiger partial charge in [-0.3, -0.25) is 9.69 Å². The Morgan fingerprint density at radius 3 is 2.11 bits per heavy atom. The van der Waals surface area contributed by atoms with Gasteiger partial charge in [-0.05, 0) is 81.3 Å². The third-order valence-electron chi connectivity index (χ3n) is 6.98. The third kappa shape index (κ3) is 6.89. The number of nitrogens with one attached hydrogen (secondary N) is 1. The number of fused-ring (bicyclic) bond motifs is 3. The summed E-state index contributed by atoms with van der Waals surface area (Å²) in [6.07, 6.45) is 1.09. The molecule has 2 aromatic carbocycles. The average Bonchev–Trinajstić information content (AvgIpc) is 3.16. The lowest BCUT2D eigenvalue weighted by molar-refractivity contribution is -0.156. The Balaban J connectivity index is 1.27. The number of alkyl carbamates (subject to hydrolysis) is 1. The van der Waals surface area contributed by atoms with E-state index in [9.17, 15) is 19.5 Å². The van der Waals surface area contributed by atoms with Crippen LogP contribution < -0.4 is 5.32 Å². The molecule has 0 bridgehead atoms. The van der Waals surface area contributed by atoms with Gasteiger partial charge in [0.1, 0.15) is 18.2 Å². The molecule has 1 saturated heterocycles. The minimum Gasteiger partial charge on any atom is -0.480 e. The Labute approximate surface area is 217 Å². The van der Waals surface area contributed by atoms with Crippen LogP contribution in [0.4, 0.5) is 4.79 Å². The fraction of sp³-hybridized carbons (Fsp3) is 0.483. The molecule has 8 nitrogen and oxygen atoms in total. The van der Waals surface area contributed by atoms with Crippen LogP contribution in [0.25, 0.3) is 11.1 Å². The topological polar surface area (TPSA) is 105 Å². The molecular formula is C29H36N2O6. The van der Waals surface area contributed by atoms with Crippen LogP contribution in [0.1, 0.15) is 57.1 Å². The molecule has 0 unspecified atom stereocenters. The monoisotopic (exact) mass is 508 g/mol. The summed E-state index contributed by atoms with van der Waals surface area (Å²) < 4.78 is 10.9. The average molecular weight is 509 g/mol. The van der Waals surface area contributed by atoms with E-state index in [0.29, 0.717) is 19.5 Å². The van der Waals surface area contributed by atoms with Crippen LogP contribution >= 0.6 is 0 Å². The van der Waals surface area contributed by atoms with Crippen molar-refractivity contribution in [1.29, 1.82) is 0 Å². The normalized spacial score (nSPS) is 16.9. The number of carbonyl (C=O) groups excluding carboxylic acids is 2. The van der Waals surface area contributed by atoms with E-state index in [1.54, 1.807) is 0 Å². The lowest BCUT2D eigenvalue weighted by atomic mass is 9.90. The van der Waals surface area contributed by atoms with Gasteiger partial charge >= 0.3 is 18.0 Å². The molecule has 4 rings (SSSR count). The molecule has 1 fully saturated rings. The smallest absolute Gasteiger partial charge is 0.407 e. The van der Waals surface area contributed by atoms with Crippen molar-refractivity contribution in [2.45, 2.75) is 57.6 Å². The molecule has 2 aromatic rings. The number of aliphatic carboxylic acids is 1. The van der Waals surface area contributed by atoms with Crippen molar-refractivity contribution in [2.75, 3.05) is 26.2 Å². The first kappa shape index (κ1) is 26.7.